The van der Waals surface area contributed by atoms with Gasteiger partial charge in [-0.25, -0.2) is 0 Å². The third kappa shape index (κ3) is 19.5. The second-order valence-electron chi connectivity index (χ2n) is 11.6. The maximum absolute atomic E-state index is 12.9. The number of carboxylic acid groups (broad SMARTS) is 3. The first-order chi connectivity index (χ1) is 22.9. The molecule has 0 saturated carbocycles. The molecule has 48 heavy (non-hydrogen) atoms. The fourth-order valence-electron chi connectivity index (χ4n) is 5.09. The van der Waals surface area contributed by atoms with Gasteiger partial charge in [0.1, 0.15) is 0 Å². The maximum atomic E-state index is 12.9. The van der Waals surface area contributed by atoms with Crippen molar-refractivity contribution in [1.29, 1.82) is 0 Å². The largest absolute Gasteiger partial charge is 0.480 e. The monoisotopic (exact) mass is 730 g/mol. The van der Waals surface area contributed by atoms with E-state index in [1.807, 2.05) is 4.90 Å². The molecule has 0 aromatic heterocycles. The minimum atomic E-state index is -1.01. The minimum absolute atomic E-state index is 0.0860. The zero-order chi connectivity index (χ0) is 35.3. The summed E-state index contributed by atoms with van der Waals surface area (Å²) in [5, 5.41) is 31.1. The molecule has 1 aliphatic carbocycles. The Balaban J connectivity index is 1.88. The highest BCUT2D eigenvalue weighted by molar-refractivity contribution is 7.99. The number of carbonyl (C=O) groups excluding carboxylic acids is 2. The Kier molecular flexibility index (Phi) is 20.6. The normalized spacial score (nSPS) is 18.0. The van der Waals surface area contributed by atoms with Gasteiger partial charge in [-0.3, -0.25) is 43.6 Å². The van der Waals surface area contributed by atoms with E-state index < -0.39 is 17.9 Å². The van der Waals surface area contributed by atoms with Gasteiger partial charge in [0.05, 0.1) is 26.2 Å². The highest BCUT2D eigenvalue weighted by Gasteiger charge is 2.21. The van der Waals surface area contributed by atoms with Gasteiger partial charge >= 0.3 is 17.9 Å². The first-order valence-corrected chi connectivity index (χ1v) is 18.8. The van der Waals surface area contributed by atoms with Crippen molar-refractivity contribution in [3.63, 3.8) is 0 Å². The van der Waals surface area contributed by atoms with Crippen molar-refractivity contribution in [1.82, 2.24) is 24.9 Å². The molecular weight excluding hydrogens is 681 g/mol. The topological polar surface area (TPSA) is 197 Å². The van der Waals surface area contributed by atoms with Crippen LogP contribution in [-0.2, 0) is 24.0 Å². The number of hydrogen-bond acceptors (Lipinski definition) is 12. The molecule has 17 heteroatoms. The van der Waals surface area contributed by atoms with E-state index in [1.54, 1.807) is 38.2 Å². The molecule has 0 spiro atoms. The van der Waals surface area contributed by atoms with Gasteiger partial charge in [-0.1, -0.05) is 23.8 Å². The number of nitrogens with one attached hydrogen (secondary N) is 1. The summed E-state index contributed by atoms with van der Waals surface area (Å²) in [7, 11) is 0. The Hall–Kier alpha value is -2.54. The Labute approximate surface area is 296 Å². The third-order valence-electron chi connectivity index (χ3n) is 7.56. The quantitative estimate of drug-likeness (QED) is 0.0770. The van der Waals surface area contributed by atoms with Gasteiger partial charge in [0.2, 0.25) is 11.8 Å². The van der Waals surface area contributed by atoms with Crippen molar-refractivity contribution in [3.05, 3.63) is 34.9 Å². The van der Waals surface area contributed by atoms with Crippen LogP contribution in [0.25, 0.3) is 0 Å². The highest BCUT2D eigenvalue weighted by atomic mass is 32.2. The lowest BCUT2D eigenvalue weighted by Crippen LogP contribution is -2.49. The molecule has 14 nitrogen and oxygen atoms in total. The molecule has 0 bridgehead atoms. The molecule has 0 aromatic carbocycles. The lowest BCUT2D eigenvalue weighted by Gasteiger charge is -2.32. The molecule has 1 aliphatic heterocycles. The number of aliphatic carboxylic acids is 3. The predicted molar refractivity (Wildman–Crippen MR) is 193 cm³/mol. The van der Waals surface area contributed by atoms with Crippen molar-refractivity contribution in [3.8, 4) is 0 Å². The standard InChI is InChI=1S/C31H50N6O8S3/c32-27(38)3-13-47-22-24-1-2-25(16-26(15-24)21-46)23-48-14-4-33-28(39)17-34-5-7-35(18-29(40)41)9-11-37(20-31(44)45)12-10-36(8-6-34)19-30(42)43/h2,15-16,46H,1,3-14,17-23H2,(H2,32,38)(H,33,39)(H,40,41)(H,42,43)(H,44,45). The predicted octanol–water partition coefficient (Wildman–Crippen LogP) is 0.0325. The van der Waals surface area contributed by atoms with E-state index in [0.717, 1.165) is 23.5 Å². The highest BCUT2D eigenvalue weighted by Crippen LogP contribution is 2.23. The number of hydrogen-bond donors (Lipinski definition) is 6. The lowest BCUT2D eigenvalue weighted by molar-refractivity contribution is -0.140. The average Bonchev–Trinajstić information content (AvgIpc) is 3.21. The second kappa shape index (κ2) is 23.8. The number of nitrogens with two attached hydrogens (primary N) is 1. The van der Waals surface area contributed by atoms with Gasteiger partial charge in [-0.2, -0.15) is 36.2 Å². The summed E-state index contributed by atoms with van der Waals surface area (Å²) in [4.78, 5) is 65.3. The molecule has 0 aromatic rings. The SMILES string of the molecule is NC(=O)CCSCC1=CC(CS)=CC(CSCCNC(=O)CN2CCN(CC(=O)O)CCN(CC(=O)O)CCN(CC(=O)O)CC2)=CC1. The van der Waals surface area contributed by atoms with E-state index in [1.165, 1.54) is 11.1 Å². The van der Waals surface area contributed by atoms with Crippen molar-refractivity contribution >= 4 is 65.9 Å². The van der Waals surface area contributed by atoms with Crippen LogP contribution in [0.5, 0.6) is 0 Å². The number of primary amides is 1. The summed E-state index contributed by atoms with van der Waals surface area (Å²) in [6.07, 6.45) is 7.74. The van der Waals surface area contributed by atoms with Crippen LogP contribution >= 0.6 is 36.2 Å². The summed E-state index contributed by atoms with van der Waals surface area (Å²) in [6, 6.07) is 0. The van der Waals surface area contributed by atoms with Crippen LogP contribution in [0.1, 0.15) is 12.8 Å². The second-order valence-corrected chi connectivity index (χ2v) is 14.1. The molecule has 6 N–H and O–H groups in total. The molecule has 1 fully saturated rings. The fraction of sp³-hybridized carbons (Fsp3) is 0.645. The molecule has 2 aliphatic rings. The summed E-state index contributed by atoms with van der Waals surface area (Å²) in [5.41, 5.74) is 8.84. The summed E-state index contributed by atoms with van der Waals surface area (Å²) in [6.45, 7) is 2.69. The van der Waals surface area contributed by atoms with E-state index in [2.05, 4.69) is 36.2 Å². The molecule has 0 unspecified atom stereocenters. The van der Waals surface area contributed by atoms with E-state index >= 15 is 0 Å². The zero-order valence-electron chi connectivity index (χ0n) is 27.4. The average molecular weight is 731 g/mol. The lowest BCUT2D eigenvalue weighted by atomic mass is 10.2. The fourth-order valence-corrected chi connectivity index (χ4v) is 7.05. The van der Waals surface area contributed by atoms with Crippen molar-refractivity contribution in [2.75, 3.05) is 114 Å². The number of carbonyl (C=O) groups is 5. The molecule has 0 atom stereocenters. The molecule has 1 heterocycles. The van der Waals surface area contributed by atoms with Crippen LogP contribution in [0.15, 0.2) is 34.9 Å². The molecular formula is C31H50N6O8S3. The van der Waals surface area contributed by atoms with Crippen LogP contribution < -0.4 is 11.1 Å². The molecule has 2 amide bonds. The van der Waals surface area contributed by atoms with Crippen LogP contribution in [-0.4, -0.2) is 178 Å². The smallest absolute Gasteiger partial charge is 0.317 e. The Bertz CT molecular complexity index is 1150. The molecule has 1 saturated heterocycles. The summed E-state index contributed by atoms with van der Waals surface area (Å²) in [5.74, 6) is 0.193. The van der Waals surface area contributed by atoms with Crippen LogP contribution in [0.4, 0.5) is 0 Å². The van der Waals surface area contributed by atoms with E-state index in [4.69, 9.17) is 5.73 Å². The van der Waals surface area contributed by atoms with Crippen LogP contribution in [0, 0.1) is 0 Å². The number of thioether (sulfide) groups is 2. The van der Waals surface area contributed by atoms with E-state index in [9.17, 15) is 39.3 Å². The third-order valence-corrected chi connectivity index (χ3v) is 10.0. The van der Waals surface area contributed by atoms with Crippen LogP contribution in [0.2, 0.25) is 0 Å². The maximum Gasteiger partial charge on any atom is 0.317 e. The number of rotatable bonds is 19. The van der Waals surface area contributed by atoms with Gasteiger partial charge in [-0.05, 0) is 17.6 Å². The molecule has 270 valence electrons. The van der Waals surface area contributed by atoms with Crippen molar-refractivity contribution < 1.29 is 39.3 Å². The van der Waals surface area contributed by atoms with E-state index in [0.29, 0.717) is 82.6 Å². The first-order valence-electron chi connectivity index (χ1n) is 15.9. The number of carboxylic acids is 3. The number of nitrogens with zero attached hydrogens (tertiary/aromatic N) is 4. The Morgan fingerprint density at radius 1 is 0.708 bits per heavy atom. The molecule has 2 rings (SSSR count). The minimum Gasteiger partial charge on any atom is -0.480 e. The summed E-state index contributed by atoms with van der Waals surface area (Å²) < 4.78 is 0. The van der Waals surface area contributed by atoms with E-state index in [-0.39, 0.29) is 38.0 Å². The Morgan fingerprint density at radius 3 is 1.65 bits per heavy atom. The number of allylic oxidation sites excluding steroid dienone is 3. The van der Waals surface area contributed by atoms with Crippen molar-refractivity contribution in [2.24, 2.45) is 5.73 Å². The van der Waals surface area contributed by atoms with Gasteiger partial charge in [0.25, 0.3) is 0 Å². The van der Waals surface area contributed by atoms with Gasteiger partial charge in [-0.15, -0.1) is 0 Å². The van der Waals surface area contributed by atoms with Crippen LogP contribution in [0.3, 0.4) is 0 Å². The Morgan fingerprint density at radius 2 is 1.19 bits per heavy atom. The first kappa shape index (κ1) is 41.6. The number of amides is 2. The van der Waals surface area contributed by atoms with Gasteiger partial charge in [0, 0.05) is 94.1 Å². The number of thiol groups is 1. The van der Waals surface area contributed by atoms with Gasteiger partial charge in [0.15, 0.2) is 0 Å². The van der Waals surface area contributed by atoms with Crippen molar-refractivity contribution in [2.45, 2.75) is 12.8 Å². The zero-order valence-corrected chi connectivity index (χ0v) is 29.9. The van der Waals surface area contributed by atoms with Gasteiger partial charge < -0.3 is 26.4 Å². The summed E-state index contributed by atoms with van der Waals surface area (Å²) >= 11 is 7.88. The molecule has 0 radical (unpaired) electrons.